The van der Waals surface area contributed by atoms with E-state index in [1.807, 2.05) is 0 Å². The zero-order chi connectivity index (χ0) is 12.3. The van der Waals surface area contributed by atoms with E-state index in [9.17, 15) is 4.79 Å². The van der Waals surface area contributed by atoms with Crippen molar-refractivity contribution < 1.29 is 9.90 Å². The van der Waals surface area contributed by atoms with Gasteiger partial charge in [0.1, 0.15) is 6.10 Å². The normalized spacial score (nSPS) is 14.3. The highest BCUT2D eigenvalue weighted by Crippen LogP contribution is 2.29. The first-order valence-electron chi connectivity index (χ1n) is 4.86. The van der Waals surface area contributed by atoms with Crippen molar-refractivity contribution in [2.24, 2.45) is 0 Å². The van der Waals surface area contributed by atoms with Crippen LogP contribution in [0.15, 0.2) is 18.2 Å². The first-order valence-corrected chi connectivity index (χ1v) is 5.61. The highest BCUT2D eigenvalue weighted by atomic mass is 35.5. The summed E-state index contributed by atoms with van der Waals surface area (Å²) in [6.45, 7) is 3.18. The summed E-state index contributed by atoms with van der Waals surface area (Å²) in [5.41, 5.74) is 0.725. The van der Waals surface area contributed by atoms with Gasteiger partial charge in [-0.15, -0.1) is 0 Å². The predicted octanol–water partition coefficient (Wildman–Crippen LogP) is 2.55. The second-order valence-corrected chi connectivity index (χ2v) is 4.33. The molecule has 0 aliphatic carbocycles. The Morgan fingerprint density at radius 1 is 1.38 bits per heavy atom. The Bertz CT molecular complexity index is 394. The van der Waals surface area contributed by atoms with Crippen LogP contribution in [-0.4, -0.2) is 17.1 Å². The van der Waals surface area contributed by atoms with E-state index in [2.05, 4.69) is 5.32 Å². The fourth-order valence-electron chi connectivity index (χ4n) is 1.27. The van der Waals surface area contributed by atoms with E-state index in [1.54, 1.807) is 25.1 Å². The Labute approximate surface area is 104 Å². The van der Waals surface area contributed by atoms with Gasteiger partial charge in [0.15, 0.2) is 0 Å². The molecule has 16 heavy (non-hydrogen) atoms. The molecule has 0 radical (unpaired) electrons. The summed E-state index contributed by atoms with van der Waals surface area (Å²) in [6.07, 6.45) is -1.04. The zero-order valence-electron chi connectivity index (χ0n) is 9.00. The number of nitrogens with one attached hydrogen (secondary N) is 1. The van der Waals surface area contributed by atoms with E-state index in [0.717, 1.165) is 5.56 Å². The van der Waals surface area contributed by atoms with Gasteiger partial charge in [-0.1, -0.05) is 35.3 Å². The molecule has 0 heterocycles. The molecule has 0 fully saturated rings. The van der Waals surface area contributed by atoms with Gasteiger partial charge in [-0.2, -0.15) is 0 Å². The van der Waals surface area contributed by atoms with Crippen LogP contribution in [0.5, 0.6) is 0 Å². The Morgan fingerprint density at radius 2 is 2.00 bits per heavy atom. The monoisotopic (exact) mass is 261 g/mol. The van der Waals surface area contributed by atoms with Crippen molar-refractivity contribution in [1.82, 2.24) is 5.32 Å². The van der Waals surface area contributed by atoms with Crippen LogP contribution in [0, 0.1) is 0 Å². The molecule has 5 heteroatoms. The first-order chi connectivity index (χ1) is 7.43. The maximum absolute atomic E-state index is 11.3. The smallest absolute Gasteiger partial charge is 0.249 e. The number of benzene rings is 1. The largest absolute Gasteiger partial charge is 0.384 e. The molecular weight excluding hydrogens is 249 g/mol. The van der Waals surface area contributed by atoms with Crippen LogP contribution < -0.4 is 5.32 Å². The molecule has 1 rings (SSSR count). The molecule has 88 valence electrons. The number of carbonyl (C=O) groups excluding carboxylic acids is 1. The summed E-state index contributed by atoms with van der Waals surface area (Å²) < 4.78 is 0. The first kappa shape index (κ1) is 13.3. The van der Waals surface area contributed by atoms with Gasteiger partial charge in [-0.05, 0) is 25.5 Å². The van der Waals surface area contributed by atoms with Crippen molar-refractivity contribution in [3.05, 3.63) is 33.8 Å². The Morgan fingerprint density at radius 3 is 2.56 bits per heavy atom. The second kappa shape index (κ2) is 5.53. The molecule has 0 aliphatic rings. The van der Waals surface area contributed by atoms with Crippen molar-refractivity contribution in [1.29, 1.82) is 0 Å². The number of hydrogen-bond acceptors (Lipinski definition) is 2. The van der Waals surface area contributed by atoms with Gasteiger partial charge in [0, 0.05) is 0 Å². The van der Waals surface area contributed by atoms with Gasteiger partial charge in [-0.25, -0.2) is 0 Å². The van der Waals surface area contributed by atoms with Gasteiger partial charge in [0.25, 0.3) is 0 Å². The predicted molar refractivity (Wildman–Crippen MR) is 64.7 cm³/mol. The molecule has 0 aromatic heterocycles. The topological polar surface area (TPSA) is 49.3 Å². The molecule has 0 saturated carbocycles. The van der Waals surface area contributed by atoms with Crippen molar-refractivity contribution in [3.63, 3.8) is 0 Å². The molecule has 0 bridgehead atoms. The molecule has 1 aromatic rings. The van der Waals surface area contributed by atoms with E-state index in [0.29, 0.717) is 10.0 Å². The number of aliphatic hydroxyl groups excluding tert-OH is 1. The summed E-state index contributed by atoms with van der Waals surface area (Å²) in [5.74, 6) is -0.441. The van der Waals surface area contributed by atoms with Crippen LogP contribution in [-0.2, 0) is 4.79 Å². The lowest BCUT2D eigenvalue weighted by Crippen LogP contribution is -2.34. The molecule has 1 amide bonds. The van der Waals surface area contributed by atoms with Crippen molar-refractivity contribution in [2.75, 3.05) is 0 Å². The fourth-order valence-corrected chi connectivity index (χ4v) is 1.74. The third kappa shape index (κ3) is 3.11. The quantitative estimate of drug-likeness (QED) is 0.879. The van der Waals surface area contributed by atoms with Crippen LogP contribution in [0.4, 0.5) is 0 Å². The van der Waals surface area contributed by atoms with Crippen LogP contribution in [0.2, 0.25) is 10.0 Å². The van der Waals surface area contributed by atoms with Crippen LogP contribution >= 0.6 is 23.2 Å². The van der Waals surface area contributed by atoms with E-state index < -0.39 is 12.0 Å². The number of halogens is 2. The minimum absolute atomic E-state index is 0.298. The highest BCUT2D eigenvalue weighted by Gasteiger charge is 2.16. The van der Waals surface area contributed by atoms with Crippen molar-refractivity contribution >= 4 is 29.1 Å². The number of amides is 1. The molecule has 2 atom stereocenters. The summed E-state index contributed by atoms with van der Waals surface area (Å²) >= 11 is 11.9. The molecule has 3 nitrogen and oxygen atoms in total. The van der Waals surface area contributed by atoms with E-state index >= 15 is 0 Å². The summed E-state index contributed by atoms with van der Waals surface area (Å²) in [5, 5.41) is 12.6. The van der Waals surface area contributed by atoms with E-state index in [4.69, 9.17) is 28.3 Å². The Balaban J connectivity index is 2.85. The molecule has 1 aromatic carbocycles. The molecule has 0 saturated heterocycles. The maximum Gasteiger partial charge on any atom is 0.249 e. The van der Waals surface area contributed by atoms with E-state index in [1.165, 1.54) is 6.92 Å². The standard InChI is InChI=1S/C11H13Cl2NO2/c1-6(14-11(16)7(2)15)8-4-3-5-9(12)10(8)13/h3-7,15H,1-2H3,(H,14,16). The molecular formula is C11H13Cl2NO2. The third-order valence-corrected chi connectivity index (χ3v) is 3.02. The van der Waals surface area contributed by atoms with Crippen molar-refractivity contribution in [3.8, 4) is 0 Å². The van der Waals surface area contributed by atoms with Gasteiger partial charge >= 0.3 is 0 Å². The van der Waals surface area contributed by atoms with Gasteiger partial charge in [0.2, 0.25) is 5.91 Å². The van der Waals surface area contributed by atoms with Gasteiger partial charge < -0.3 is 10.4 Å². The van der Waals surface area contributed by atoms with Crippen LogP contribution in [0.25, 0.3) is 0 Å². The molecule has 2 N–H and O–H groups in total. The second-order valence-electron chi connectivity index (χ2n) is 3.55. The van der Waals surface area contributed by atoms with E-state index in [-0.39, 0.29) is 6.04 Å². The number of hydrogen-bond donors (Lipinski definition) is 2. The number of aliphatic hydroxyl groups is 1. The number of rotatable bonds is 3. The molecule has 2 unspecified atom stereocenters. The Kier molecular flexibility index (Phi) is 4.59. The lowest BCUT2D eigenvalue weighted by atomic mass is 10.1. The number of carbonyl (C=O) groups is 1. The lowest BCUT2D eigenvalue weighted by molar-refractivity contribution is -0.129. The van der Waals surface area contributed by atoms with Gasteiger partial charge in [-0.3, -0.25) is 4.79 Å². The summed E-state index contributed by atoms with van der Waals surface area (Å²) in [4.78, 5) is 11.3. The maximum atomic E-state index is 11.3. The lowest BCUT2D eigenvalue weighted by Gasteiger charge is -2.17. The van der Waals surface area contributed by atoms with Crippen LogP contribution in [0.1, 0.15) is 25.5 Å². The third-order valence-electron chi connectivity index (χ3n) is 2.19. The molecule has 0 aliphatic heterocycles. The minimum Gasteiger partial charge on any atom is -0.384 e. The van der Waals surface area contributed by atoms with Gasteiger partial charge in [0.05, 0.1) is 16.1 Å². The molecule has 0 spiro atoms. The van der Waals surface area contributed by atoms with Crippen LogP contribution in [0.3, 0.4) is 0 Å². The minimum atomic E-state index is -1.04. The SMILES string of the molecule is CC(O)C(=O)NC(C)c1cccc(Cl)c1Cl. The van der Waals surface area contributed by atoms with Crippen molar-refractivity contribution in [2.45, 2.75) is 26.0 Å². The summed E-state index contributed by atoms with van der Waals surface area (Å²) in [7, 11) is 0. The average molecular weight is 262 g/mol. The zero-order valence-corrected chi connectivity index (χ0v) is 10.5. The highest BCUT2D eigenvalue weighted by molar-refractivity contribution is 6.42. The fraction of sp³-hybridized carbons (Fsp3) is 0.364. The summed E-state index contributed by atoms with van der Waals surface area (Å²) in [6, 6.07) is 4.92. The Hall–Kier alpha value is -0.770. The average Bonchev–Trinajstić information content (AvgIpc) is 2.21.